The largest absolute Gasteiger partial charge is 0.398 e. The van der Waals surface area contributed by atoms with E-state index in [0.29, 0.717) is 11.5 Å². The summed E-state index contributed by atoms with van der Waals surface area (Å²) in [5, 5.41) is 4.58. The molecule has 0 spiro atoms. The number of pyridine rings is 1. The fraction of sp³-hybridized carbons (Fsp3) is 0.357. The molecule has 1 saturated carbocycles. The quantitative estimate of drug-likeness (QED) is 0.775. The van der Waals surface area contributed by atoms with Crippen LogP contribution in [0.5, 0.6) is 0 Å². The zero-order valence-electron chi connectivity index (χ0n) is 10.2. The van der Waals surface area contributed by atoms with Crippen molar-refractivity contribution in [2.45, 2.75) is 26.3 Å². The highest BCUT2D eigenvalue weighted by atomic mass is 15.0. The predicted molar refractivity (Wildman–Crippen MR) is 72.0 cm³/mol. The van der Waals surface area contributed by atoms with Crippen LogP contribution in [0.4, 0.5) is 11.4 Å². The molecule has 1 aliphatic carbocycles. The van der Waals surface area contributed by atoms with Gasteiger partial charge in [0.15, 0.2) is 0 Å². The number of fused-ring (bicyclic) bond motifs is 1. The molecule has 2 aromatic rings. The Hall–Kier alpha value is -1.77. The lowest BCUT2D eigenvalue weighted by Gasteiger charge is -2.11. The number of aromatic nitrogens is 1. The van der Waals surface area contributed by atoms with Gasteiger partial charge in [-0.3, -0.25) is 4.98 Å². The lowest BCUT2D eigenvalue weighted by atomic mass is 10.1. The van der Waals surface area contributed by atoms with Crippen LogP contribution < -0.4 is 11.1 Å². The van der Waals surface area contributed by atoms with Crippen molar-refractivity contribution in [1.29, 1.82) is 0 Å². The summed E-state index contributed by atoms with van der Waals surface area (Å²) in [6.07, 6.45) is 3.02. The van der Waals surface area contributed by atoms with E-state index in [1.807, 2.05) is 30.5 Å². The van der Waals surface area contributed by atoms with Crippen molar-refractivity contribution in [1.82, 2.24) is 4.98 Å². The molecule has 0 bridgehead atoms. The van der Waals surface area contributed by atoms with E-state index in [1.165, 1.54) is 6.42 Å². The molecule has 88 valence electrons. The van der Waals surface area contributed by atoms with Crippen LogP contribution in [0.1, 0.15) is 20.3 Å². The SMILES string of the molecule is CC1(C)CC1Nc1ccc(N)c2cccnc12. The summed E-state index contributed by atoms with van der Waals surface area (Å²) in [5.74, 6) is 0. The van der Waals surface area contributed by atoms with Gasteiger partial charge in [-0.15, -0.1) is 0 Å². The third kappa shape index (κ3) is 1.71. The Bertz CT molecular complexity index is 575. The maximum atomic E-state index is 5.96. The minimum atomic E-state index is 0.405. The first-order valence-corrected chi connectivity index (χ1v) is 5.98. The lowest BCUT2D eigenvalue weighted by molar-refractivity contribution is 0.631. The molecule has 3 heteroatoms. The maximum absolute atomic E-state index is 5.96. The van der Waals surface area contributed by atoms with Crippen LogP contribution in [0.15, 0.2) is 30.5 Å². The lowest BCUT2D eigenvalue weighted by Crippen LogP contribution is -2.09. The monoisotopic (exact) mass is 227 g/mol. The summed E-state index contributed by atoms with van der Waals surface area (Å²) in [4.78, 5) is 4.43. The summed E-state index contributed by atoms with van der Waals surface area (Å²) in [5.41, 5.74) is 9.20. The number of nitrogens with one attached hydrogen (secondary N) is 1. The Morgan fingerprint density at radius 3 is 2.82 bits per heavy atom. The minimum absolute atomic E-state index is 0.405. The zero-order chi connectivity index (χ0) is 12.0. The molecule has 1 aliphatic rings. The second-order valence-corrected chi connectivity index (χ2v) is 5.49. The normalized spacial score (nSPS) is 21.4. The number of benzene rings is 1. The number of nitrogens with zero attached hydrogens (tertiary/aromatic N) is 1. The molecule has 1 fully saturated rings. The number of hydrogen-bond acceptors (Lipinski definition) is 3. The number of anilines is 2. The molecule has 1 atom stereocenters. The van der Waals surface area contributed by atoms with Gasteiger partial charge in [0.05, 0.1) is 11.2 Å². The molecule has 1 aromatic carbocycles. The number of nitrogen functional groups attached to an aromatic ring is 1. The first-order chi connectivity index (χ1) is 8.08. The number of nitrogens with two attached hydrogens (primary N) is 1. The van der Waals surface area contributed by atoms with Gasteiger partial charge in [-0.1, -0.05) is 13.8 Å². The molecule has 0 radical (unpaired) electrons. The molecular weight excluding hydrogens is 210 g/mol. The second-order valence-electron chi connectivity index (χ2n) is 5.49. The average molecular weight is 227 g/mol. The molecule has 3 N–H and O–H groups in total. The summed E-state index contributed by atoms with van der Waals surface area (Å²) in [6, 6.07) is 8.46. The van der Waals surface area contributed by atoms with Gasteiger partial charge in [0, 0.05) is 23.3 Å². The van der Waals surface area contributed by atoms with E-state index in [0.717, 1.165) is 22.3 Å². The summed E-state index contributed by atoms with van der Waals surface area (Å²) in [6.45, 7) is 4.55. The van der Waals surface area contributed by atoms with Crippen LogP contribution in [-0.2, 0) is 0 Å². The molecule has 1 aromatic heterocycles. The standard InChI is InChI=1S/C14H17N3/c1-14(2)8-12(14)17-11-6-5-10(15)9-4-3-7-16-13(9)11/h3-7,12,17H,8,15H2,1-2H3. The highest BCUT2D eigenvalue weighted by Crippen LogP contribution is 2.47. The Morgan fingerprint density at radius 1 is 1.35 bits per heavy atom. The smallest absolute Gasteiger partial charge is 0.0953 e. The highest BCUT2D eigenvalue weighted by Gasteiger charge is 2.45. The van der Waals surface area contributed by atoms with Crippen LogP contribution in [0.25, 0.3) is 10.9 Å². The van der Waals surface area contributed by atoms with E-state index in [2.05, 4.69) is 24.1 Å². The molecule has 17 heavy (non-hydrogen) atoms. The van der Waals surface area contributed by atoms with Crippen LogP contribution in [0, 0.1) is 5.41 Å². The van der Waals surface area contributed by atoms with Crippen molar-refractivity contribution in [3.05, 3.63) is 30.5 Å². The molecule has 1 unspecified atom stereocenters. The van der Waals surface area contributed by atoms with Crippen molar-refractivity contribution in [3.63, 3.8) is 0 Å². The van der Waals surface area contributed by atoms with Gasteiger partial charge in [0.25, 0.3) is 0 Å². The van der Waals surface area contributed by atoms with Crippen molar-refractivity contribution in [2.24, 2.45) is 5.41 Å². The van der Waals surface area contributed by atoms with E-state index in [4.69, 9.17) is 5.73 Å². The highest BCUT2D eigenvalue weighted by molar-refractivity contribution is 5.98. The summed E-state index contributed by atoms with van der Waals surface area (Å²) >= 11 is 0. The van der Waals surface area contributed by atoms with Crippen molar-refractivity contribution >= 4 is 22.3 Å². The van der Waals surface area contributed by atoms with E-state index in [1.54, 1.807) is 0 Å². The predicted octanol–water partition coefficient (Wildman–Crippen LogP) is 3.03. The van der Waals surface area contributed by atoms with Crippen LogP contribution >= 0.6 is 0 Å². The maximum Gasteiger partial charge on any atom is 0.0953 e. The first kappa shape index (κ1) is 10.4. The van der Waals surface area contributed by atoms with Crippen LogP contribution in [-0.4, -0.2) is 11.0 Å². The van der Waals surface area contributed by atoms with Crippen molar-refractivity contribution in [2.75, 3.05) is 11.1 Å². The topological polar surface area (TPSA) is 50.9 Å². The molecule has 3 rings (SSSR count). The third-order valence-corrected chi connectivity index (χ3v) is 3.65. The van der Waals surface area contributed by atoms with Crippen LogP contribution in [0.2, 0.25) is 0 Å². The van der Waals surface area contributed by atoms with E-state index < -0.39 is 0 Å². The second kappa shape index (κ2) is 3.36. The Morgan fingerprint density at radius 2 is 2.12 bits per heavy atom. The Labute approximate surface area is 101 Å². The average Bonchev–Trinajstić information content (AvgIpc) is 2.91. The van der Waals surface area contributed by atoms with Gasteiger partial charge in [0.2, 0.25) is 0 Å². The third-order valence-electron chi connectivity index (χ3n) is 3.65. The van der Waals surface area contributed by atoms with E-state index in [-0.39, 0.29) is 0 Å². The van der Waals surface area contributed by atoms with E-state index in [9.17, 15) is 0 Å². The molecule has 3 nitrogen and oxygen atoms in total. The van der Waals surface area contributed by atoms with Crippen molar-refractivity contribution < 1.29 is 0 Å². The molecule has 0 aliphatic heterocycles. The molecule has 0 amide bonds. The minimum Gasteiger partial charge on any atom is -0.398 e. The number of rotatable bonds is 2. The van der Waals surface area contributed by atoms with Gasteiger partial charge in [-0.05, 0) is 36.1 Å². The first-order valence-electron chi connectivity index (χ1n) is 5.98. The summed E-state index contributed by atoms with van der Waals surface area (Å²) < 4.78 is 0. The van der Waals surface area contributed by atoms with Gasteiger partial charge < -0.3 is 11.1 Å². The fourth-order valence-corrected chi connectivity index (χ4v) is 2.21. The van der Waals surface area contributed by atoms with Crippen LogP contribution in [0.3, 0.4) is 0 Å². The van der Waals surface area contributed by atoms with Crippen molar-refractivity contribution in [3.8, 4) is 0 Å². The molecule has 0 saturated heterocycles. The Balaban J connectivity index is 2.03. The fourth-order valence-electron chi connectivity index (χ4n) is 2.21. The zero-order valence-corrected chi connectivity index (χ0v) is 10.2. The van der Waals surface area contributed by atoms with E-state index >= 15 is 0 Å². The van der Waals surface area contributed by atoms with Gasteiger partial charge in [0.1, 0.15) is 0 Å². The Kier molecular flexibility index (Phi) is 2.05. The number of hydrogen-bond donors (Lipinski definition) is 2. The van der Waals surface area contributed by atoms with Gasteiger partial charge in [-0.2, -0.15) is 0 Å². The molecular formula is C14H17N3. The van der Waals surface area contributed by atoms with Gasteiger partial charge >= 0.3 is 0 Å². The van der Waals surface area contributed by atoms with Gasteiger partial charge in [-0.25, -0.2) is 0 Å². The summed E-state index contributed by atoms with van der Waals surface area (Å²) in [7, 11) is 0. The molecule has 1 heterocycles.